The summed E-state index contributed by atoms with van der Waals surface area (Å²) in [7, 11) is 0. The average molecular weight is 451 g/mol. The lowest BCUT2D eigenvalue weighted by Gasteiger charge is -2.22. The van der Waals surface area contributed by atoms with Crippen LogP contribution in [-0.4, -0.2) is 34.8 Å². The number of carbonyl (C=O) groups excluding carboxylic acids is 3. The standard InChI is InChI=1S/C19H20BrFN4O3/c1-11(26)24-16(9-12-4-2-6-14(21)8-12)19(28)25-15(18(22)27)10-13-5-3-7-23-17(13)20/h2-8,15-16H,9-10H2,1H3,(H2,22,27)(H,24,26)(H,25,28)/t15-,16-/m0/s1. The molecule has 0 radical (unpaired) electrons. The van der Waals surface area contributed by atoms with Gasteiger partial charge in [0.15, 0.2) is 0 Å². The highest BCUT2D eigenvalue weighted by Crippen LogP contribution is 2.15. The first kappa shape index (κ1) is 21.5. The van der Waals surface area contributed by atoms with E-state index < -0.39 is 35.6 Å². The number of aromatic nitrogens is 1. The monoisotopic (exact) mass is 450 g/mol. The quantitative estimate of drug-likeness (QED) is 0.524. The van der Waals surface area contributed by atoms with Gasteiger partial charge in [-0.3, -0.25) is 14.4 Å². The molecule has 0 bridgehead atoms. The number of nitrogens with one attached hydrogen (secondary N) is 2. The van der Waals surface area contributed by atoms with Crippen LogP contribution in [0.1, 0.15) is 18.1 Å². The number of nitrogens with zero attached hydrogens (tertiary/aromatic N) is 1. The van der Waals surface area contributed by atoms with Crippen LogP contribution in [0.3, 0.4) is 0 Å². The van der Waals surface area contributed by atoms with Crippen LogP contribution in [0.2, 0.25) is 0 Å². The molecule has 2 rings (SSSR count). The predicted octanol–water partition coefficient (Wildman–Crippen LogP) is 1.24. The van der Waals surface area contributed by atoms with E-state index in [0.717, 1.165) is 0 Å². The van der Waals surface area contributed by atoms with E-state index >= 15 is 0 Å². The molecule has 0 saturated carbocycles. The summed E-state index contributed by atoms with van der Waals surface area (Å²) in [4.78, 5) is 40.1. The molecule has 0 saturated heterocycles. The van der Waals surface area contributed by atoms with Gasteiger partial charge in [-0.05, 0) is 45.3 Å². The molecule has 2 aromatic rings. The molecule has 28 heavy (non-hydrogen) atoms. The molecule has 3 amide bonds. The normalized spacial score (nSPS) is 12.7. The summed E-state index contributed by atoms with van der Waals surface area (Å²) in [6.07, 6.45) is 1.77. The number of amides is 3. The van der Waals surface area contributed by atoms with Crippen molar-refractivity contribution in [2.24, 2.45) is 5.73 Å². The Morgan fingerprint density at radius 2 is 1.89 bits per heavy atom. The summed E-state index contributed by atoms with van der Waals surface area (Å²) >= 11 is 3.28. The van der Waals surface area contributed by atoms with Gasteiger partial charge in [-0.1, -0.05) is 18.2 Å². The molecule has 1 aromatic carbocycles. The smallest absolute Gasteiger partial charge is 0.243 e. The number of halogens is 2. The Balaban J connectivity index is 2.15. The second-order valence-corrected chi connectivity index (χ2v) is 6.96. The van der Waals surface area contributed by atoms with Gasteiger partial charge in [0.25, 0.3) is 0 Å². The van der Waals surface area contributed by atoms with Crippen LogP contribution < -0.4 is 16.4 Å². The molecule has 148 valence electrons. The molecule has 0 aliphatic carbocycles. The minimum absolute atomic E-state index is 0.0608. The van der Waals surface area contributed by atoms with E-state index in [1.807, 2.05) is 0 Å². The molecule has 2 atom stereocenters. The van der Waals surface area contributed by atoms with Crippen molar-refractivity contribution < 1.29 is 18.8 Å². The number of hydrogen-bond acceptors (Lipinski definition) is 4. The number of hydrogen-bond donors (Lipinski definition) is 3. The lowest BCUT2D eigenvalue weighted by molar-refractivity contribution is -0.130. The summed E-state index contributed by atoms with van der Waals surface area (Å²) in [6.45, 7) is 1.27. The topological polar surface area (TPSA) is 114 Å². The maximum absolute atomic E-state index is 13.4. The Morgan fingerprint density at radius 1 is 1.14 bits per heavy atom. The molecule has 4 N–H and O–H groups in total. The van der Waals surface area contributed by atoms with Gasteiger partial charge in [-0.2, -0.15) is 0 Å². The van der Waals surface area contributed by atoms with Gasteiger partial charge in [-0.15, -0.1) is 0 Å². The van der Waals surface area contributed by atoms with Crippen molar-refractivity contribution in [2.45, 2.75) is 31.8 Å². The van der Waals surface area contributed by atoms with Gasteiger partial charge in [0.1, 0.15) is 22.5 Å². The van der Waals surface area contributed by atoms with Gasteiger partial charge in [0.2, 0.25) is 17.7 Å². The zero-order chi connectivity index (χ0) is 20.7. The Labute approximate surface area is 170 Å². The number of rotatable bonds is 8. The van der Waals surface area contributed by atoms with E-state index in [0.29, 0.717) is 15.7 Å². The summed E-state index contributed by atoms with van der Waals surface area (Å²) in [5.41, 5.74) is 6.65. The maximum Gasteiger partial charge on any atom is 0.243 e. The van der Waals surface area contributed by atoms with Crippen molar-refractivity contribution in [1.82, 2.24) is 15.6 Å². The van der Waals surface area contributed by atoms with E-state index in [1.165, 1.54) is 25.1 Å². The second kappa shape index (κ2) is 9.93. The van der Waals surface area contributed by atoms with E-state index in [4.69, 9.17) is 5.73 Å². The van der Waals surface area contributed by atoms with Crippen LogP contribution in [-0.2, 0) is 27.2 Å². The number of nitrogens with two attached hydrogens (primary N) is 1. The second-order valence-electron chi connectivity index (χ2n) is 6.21. The van der Waals surface area contributed by atoms with Gasteiger partial charge >= 0.3 is 0 Å². The minimum Gasteiger partial charge on any atom is -0.368 e. The Kier molecular flexibility index (Phi) is 7.62. The maximum atomic E-state index is 13.4. The minimum atomic E-state index is -1.00. The third-order valence-corrected chi connectivity index (χ3v) is 4.66. The third-order valence-electron chi connectivity index (χ3n) is 3.94. The summed E-state index contributed by atoms with van der Waals surface area (Å²) in [5, 5.41) is 5.08. The Bertz CT molecular complexity index is 878. The molecule has 7 nitrogen and oxygen atoms in total. The highest BCUT2D eigenvalue weighted by Gasteiger charge is 2.26. The molecule has 0 aliphatic rings. The van der Waals surface area contributed by atoms with Gasteiger partial charge in [0, 0.05) is 26.0 Å². The fourth-order valence-electron chi connectivity index (χ4n) is 2.64. The summed E-state index contributed by atoms with van der Waals surface area (Å²) < 4.78 is 14.0. The first-order chi connectivity index (χ1) is 13.3. The Hall–Kier alpha value is -2.81. The number of benzene rings is 1. The van der Waals surface area contributed by atoms with Crippen LogP contribution >= 0.6 is 15.9 Å². The van der Waals surface area contributed by atoms with Crippen molar-refractivity contribution in [3.63, 3.8) is 0 Å². The van der Waals surface area contributed by atoms with E-state index in [9.17, 15) is 18.8 Å². The van der Waals surface area contributed by atoms with Crippen LogP contribution in [0.25, 0.3) is 0 Å². The molecule has 0 unspecified atom stereocenters. The van der Waals surface area contributed by atoms with Crippen LogP contribution in [0, 0.1) is 5.82 Å². The van der Waals surface area contributed by atoms with Gasteiger partial charge in [0.05, 0.1) is 0 Å². The fraction of sp³-hybridized carbons (Fsp3) is 0.263. The highest BCUT2D eigenvalue weighted by atomic mass is 79.9. The Morgan fingerprint density at radius 3 is 2.50 bits per heavy atom. The van der Waals surface area contributed by atoms with Crippen LogP contribution in [0.4, 0.5) is 4.39 Å². The zero-order valence-electron chi connectivity index (χ0n) is 15.1. The fourth-order valence-corrected chi connectivity index (χ4v) is 3.05. The van der Waals surface area contributed by atoms with Gasteiger partial charge < -0.3 is 16.4 Å². The number of primary amides is 1. The molecule has 1 aromatic heterocycles. The first-order valence-electron chi connectivity index (χ1n) is 8.47. The van der Waals surface area contributed by atoms with Crippen molar-refractivity contribution in [3.8, 4) is 0 Å². The molecule has 0 spiro atoms. The van der Waals surface area contributed by atoms with Crippen molar-refractivity contribution in [2.75, 3.05) is 0 Å². The lowest BCUT2D eigenvalue weighted by atomic mass is 10.0. The van der Waals surface area contributed by atoms with Crippen molar-refractivity contribution >= 4 is 33.7 Å². The molecular formula is C19H20BrFN4O3. The SMILES string of the molecule is CC(=O)N[C@@H](Cc1cccc(F)c1)C(=O)N[C@@H](Cc1cccnc1Br)C(N)=O. The third kappa shape index (κ3) is 6.41. The largest absolute Gasteiger partial charge is 0.368 e. The van der Waals surface area contributed by atoms with E-state index in [1.54, 1.807) is 24.4 Å². The number of carbonyl (C=O) groups is 3. The van der Waals surface area contributed by atoms with Crippen LogP contribution in [0.5, 0.6) is 0 Å². The molecular weight excluding hydrogens is 431 g/mol. The van der Waals surface area contributed by atoms with Gasteiger partial charge in [-0.25, -0.2) is 9.37 Å². The predicted molar refractivity (Wildman–Crippen MR) is 104 cm³/mol. The van der Waals surface area contributed by atoms with Crippen molar-refractivity contribution in [3.05, 3.63) is 64.1 Å². The lowest BCUT2D eigenvalue weighted by Crippen LogP contribution is -2.54. The molecule has 1 heterocycles. The van der Waals surface area contributed by atoms with E-state index in [2.05, 4.69) is 31.5 Å². The van der Waals surface area contributed by atoms with Crippen molar-refractivity contribution in [1.29, 1.82) is 0 Å². The summed E-state index contributed by atoms with van der Waals surface area (Å²) in [6, 6.07) is 7.17. The van der Waals surface area contributed by atoms with E-state index in [-0.39, 0.29) is 12.8 Å². The first-order valence-corrected chi connectivity index (χ1v) is 9.26. The molecule has 0 aliphatic heterocycles. The summed E-state index contributed by atoms with van der Waals surface area (Å²) in [5.74, 6) is -2.20. The molecule has 9 heteroatoms. The highest BCUT2D eigenvalue weighted by molar-refractivity contribution is 9.10. The average Bonchev–Trinajstić information content (AvgIpc) is 2.61. The number of pyridine rings is 1. The molecule has 0 fully saturated rings. The van der Waals surface area contributed by atoms with Crippen LogP contribution in [0.15, 0.2) is 47.2 Å². The zero-order valence-corrected chi connectivity index (χ0v) is 16.7.